The first-order valence-corrected chi connectivity index (χ1v) is 10.7. The third-order valence-electron chi connectivity index (χ3n) is 5.63. The van der Waals surface area contributed by atoms with Gasteiger partial charge in [-0.25, -0.2) is 0 Å². The molecule has 6 nitrogen and oxygen atoms in total. The molecule has 0 bridgehead atoms. The number of carbonyl (C=O) groups is 1. The van der Waals surface area contributed by atoms with E-state index in [9.17, 15) is 4.79 Å². The number of aromatic nitrogens is 4. The second-order valence-corrected chi connectivity index (χ2v) is 8.79. The molecule has 1 aliphatic rings. The van der Waals surface area contributed by atoms with Gasteiger partial charge in [0.1, 0.15) is 0 Å². The van der Waals surface area contributed by atoms with Gasteiger partial charge in [-0.3, -0.25) is 4.79 Å². The molecule has 0 saturated heterocycles. The van der Waals surface area contributed by atoms with E-state index in [0.29, 0.717) is 28.7 Å². The third kappa shape index (κ3) is 4.89. The predicted molar refractivity (Wildman–Crippen MR) is 108 cm³/mol. The fraction of sp³-hybridized carbons (Fsp3) is 0.600. The van der Waals surface area contributed by atoms with Crippen molar-refractivity contribution in [2.75, 3.05) is 5.75 Å². The Morgan fingerprint density at radius 2 is 2.00 bits per heavy atom. The molecule has 1 aromatic heterocycles. The molecular weight excluding hydrogens is 358 g/mol. The minimum Gasteiger partial charge on any atom is -0.352 e. The van der Waals surface area contributed by atoms with Crippen LogP contribution < -0.4 is 5.32 Å². The number of amides is 1. The fourth-order valence-electron chi connectivity index (χ4n) is 3.60. The van der Waals surface area contributed by atoms with Crippen LogP contribution in [-0.2, 0) is 4.79 Å². The number of nitrogens with zero attached hydrogens (tertiary/aromatic N) is 4. The summed E-state index contributed by atoms with van der Waals surface area (Å²) in [5.41, 5.74) is 2.18. The molecule has 0 aliphatic heterocycles. The zero-order valence-electron chi connectivity index (χ0n) is 16.6. The van der Waals surface area contributed by atoms with E-state index in [4.69, 9.17) is 0 Å². The largest absolute Gasteiger partial charge is 0.352 e. The Labute approximate surface area is 165 Å². The van der Waals surface area contributed by atoms with Gasteiger partial charge in [0, 0.05) is 6.04 Å². The second kappa shape index (κ2) is 8.87. The summed E-state index contributed by atoms with van der Waals surface area (Å²) in [6.07, 6.45) is 3.52. The van der Waals surface area contributed by atoms with E-state index in [1.54, 1.807) is 4.68 Å². The van der Waals surface area contributed by atoms with Crippen molar-refractivity contribution in [1.82, 2.24) is 25.5 Å². The van der Waals surface area contributed by atoms with Crippen molar-refractivity contribution in [3.05, 3.63) is 29.8 Å². The average molecular weight is 388 g/mol. The summed E-state index contributed by atoms with van der Waals surface area (Å²) in [6, 6.07) is 8.49. The molecule has 1 aromatic carbocycles. The van der Waals surface area contributed by atoms with E-state index in [2.05, 4.69) is 60.7 Å². The van der Waals surface area contributed by atoms with E-state index in [-0.39, 0.29) is 11.9 Å². The molecule has 1 fully saturated rings. The van der Waals surface area contributed by atoms with Gasteiger partial charge in [0.05, 0.1) is 11.4 Å². The van der Waals surface area contributed by atoms with Crippen molar-refractivity contribution in [2.45, 2.75) is 64.1 Å². The molecule has 0 radical (unpaired) electrons. The molecule has 1 amide bonds. The molecule has 1 heterocycles. The lowest BCUT2D eigenvalue weighted by Crippen LogP contribution is -2.44. The Kier molecular flexibility index (Phi) is 6.52. The topological polar surface area (TPSA) is 72.7 Å². The van der Waals surface area contributed by atoms with Crippen molar-refractivity contribution in [2.24, 2.45) is 11.8 Å². The maximum Gasteiger partial charge on any atom is 0.230 e. The van der Waals surface area contributed by atoms with Crippen molar-refractivity contribution in [3.8, 4) is 5.69 Å². The van der Waals surface area contributed by atoms with Crippen LogP contribution >= 0.6 is 11.8 Å². The number of rotatable bonds is 6. The van der Waals surface area contributed by atoms with E-state index in [0.717, 1.165) is 12.1 Å². The lowest BCUT2D eigenvalue weighted by atomic mass is 9.78. The van der Waals surface area contributed by atoms with E-state index in [1.807, 2.05) is 12.1 Å². The molecule has 1 saturated carbocycles. The number of hydrogen-bond donors (Lipinski definition) is 1. The van der Waals surface area contributed by atoms with Crippen LogP contribution in [0.5, 0.6) is 0 Å². The van der Waals surface area contributed by atoms with Gasteiger partial charge in [-0.15, -0.1) is 5.10 Å². The van der Waals surface area contributed by atoms with Gasteiger partial charge in [-0.2, -0.15) is 4.68 Å². The van der Waals surface area contributed by atoms with Gasteiger partial charge in [0.25, 0.3) is 0 Å². The van der Waals surface area contributed by atoms with Crippen molar-refractivity contribution in [1.29, 1.82) is 0 Å². The Morgan fingerprint density at radius 3 is 2.70 bits per heavy atom. The summed E-state index contributed by atoms with van der Waals surface area (Å²) in [6.45, 7) is 8.85. The van der Waals surface area contributed by atoms with Gasteiger partial charge in [0.2, 0.25) is 11.1 Å². The first-order chi connectivity index (χ1) is 13.0. The Morgan fingerprint density at radius 1 is 1.26 bits per heavy atom. The monoisotopic (exact) mass is 387 g/mol. The molecule has 2 aromatic rings. The fourth-order valence-corrected chi connectivity index (χ4v) is 4.30. The molecule has 1 aliphatic carbocycles. The Balaban J connectivity index is 1.59. The van der Waals surface area contributed by atoms with Gasteiger partial charge >= 0.3 is 0 Å². The molecule has 0 unspecified atom stereocenters. The van der Waals surface area contributed by atoms with E-state index in [1.165, 1.54) is 30.2 Å². The highest BCUT2D eigenvalue weighted by Gasteiger charge is 2.28. The van der Waals surface area contributed by atoms with Gasteiger partial charge in [-0.05, 0) is 52.3 Å². The smallest absolute Gasteiger partial charge is 0.230 e. The molecule has 27 heavy (non-hydrogen) atoms. The molecule has 1 N–H and O–H groups in total. The van der Waals surface area contributed by atoms with Crippen LogP contribution in [-0.4, -0.2) is 37.9 Å². The Bertz CT molecular complexity index is 758. The lowest BCUT2D eigenvalue weighted by molar-refractivity contribution is -0.120. The summed E-state index contributed by atoms with van der Waals surface area (Å²) >= 11 is 1.37. The standard InChI is InChI=1S/C20H29N5OS/c1-13(2)16-8-10-17(11-9-16)25-20(22-23-24-25)27-12-19(26)21-18-7-5-6-14(3)15(18)4/h8-11,13-15,18H,5-7,12H2,1-4H3,(H,21,26)/t14-,15+,18-/m0/s1. The molecular formula is C20H29N5OS. The molecule has 3 atom stereocenters. The summed E-state index contributed by atoms with van der Waals surface area (Å²) in [4.78, 5) is 12.4. The summed E-state index contributed by atoms with van der Waals surface area (Å²) in [7, 11) is 0. The van der Waals surface area contributed by atoms with Crippen molar-refractivity contribution in [3.63, 3.8) is 0 Å². The Hall–Kier alpha value is -1.89. The molecule has 0 spiro atoms. The zero-order chi connectivity index (χ0) is 19.4. The molecule has 7 heteroatoms. The molecule has 3 rings (SSSR count). The maximum absolute atomic E-state index is 12.4. The van der Waals surface area contributed by atoms with E-state index < -0.39 is 0 Å². The minimum atomic E-state index is 0.0515. The SMILES string of the molecule is CC(C)c1ccc(-n2nnnc2SCC(=O)N[C@H]2CCC[C@H](C)[C@H]2C)cc1. The third-order valence-corrected chi connectivity index (χ3v) is 6.55. The first-order valence-electron chi connectivity index (χ1n) is 9.76. The van der Waals surface area contributed by atoms with E-state index >= 15 is 0 Å². The number of tetrazole rings is 1. The quantitative estimate of drug-likeness (QED) is 0.763. The molecule has 146 valence electrons. The minimum absolute atomic E-state index is 0.0515. The van der Waals surface area contributed by atoms with Crippen LogP contribution in [0.3, 0.4) is 0 Å². The van der Waals surface area contributed by atoms with Crippen LogP contribution in [0.25, 0.3) is 5.69 Å². The van der Waals surface area contributed by atoms with Gasteiger partial charge in [-0.1, -0.05) is 64.4 Å². The summed E-state index contributed by atoms with van der Waals surface area (Å²) in [5.74, 6) is 2.04. The number of nitrogens with one attached hydrogen (secondary N) is 1. The van der Waals surface area contributed by atoms with Crippen LogP contribution in [0, 0.1) is 11.8 Å². The normalized spacial score (nSPS) is 22.8. The zero-order valence-corrected chi connectivity index (χ0v) is 17.4. The highest BCUT2D eigenvalue weighted by Crippen LogP contribution is 2.29. The van der Waals surface area contributed by atoms with Crippen molar-refractivity contribution < 1.29 is 4.79 Å². The number of thioether (sulfide) groups is 1. The summed E-state index contributed by atoms with van der Waals surface area (Å²) < 4.78 is 1.69. The lowest BCUT2D eigenvalue weighted by Gasteiger charge is -2.34. The van der Waals surface area contributed by atoms with Crippen molar-refractivity contribution >= 4 is 17.7 Å². The summed E-state index contributed by atoms with van der Waals surface area (Å²) in [5, 5.41) is 15.8. The number of benzene rings is 1. The number of hydrogen-bond acceptors (Lipinski definition) is 5. The second-order valence-electron chi connectivity index (χ2n) is 7.85. The van der Waals surface area contributed by atoms with Gasteiger partial charge in [0.15, 0.2) is 0 Å². The number of carbonyl (C=O) groups excluding carboxylic acids is 1. The van der Waals surface area contributed by atoms with Gasteiger partial charge < -0.3 is 5.32 Å². The maximum atomic E-state index is 12.4. The average Bonchev–Trinajstić information content (AvgIpc) is 3.12. The predicted octanol–water partition coefficient (Wildman–Crippen LogP) is 3.82. The highest BCUT2D eigenvalue weighted by molar-refractivity contribution is 7.99. The van der Waals surface area contributed by atoms with Crippen LogP contribution in [0.2, 0.25) is 0 Å². The van der Waals surface area contributed by atoms with Crippen LogP contribution in [0.15, 0.2) is 29.4 Å². The first kappa shape index (κ1) is 19.9. The highest BCUT2D eigenvalue weighted by atomic mass is 32.2. The van der Waals surface area contributed by atoms with Crippen LogP contribution in [0.4, 0.5) is 0 Å². The van der Waals surface area contributed by atoms with Crippen LogP contribution in [0.1, 0.15) is 58.4 Å².